The van der Waals surface area contributed by atoms with Gasteiger partial charge in [0.25, 0.3) is 0 Å². The van der Waals surface area contributed by atoms with E-state index in [0.29, 0.717) is 0 Å². The van der Waals surface area contributed by atoms with Crippen LogP contribution in [0.3, 0.4) is 0 Å². The monoisotopic (exact) mass is 228 g/mol. The van der Waals surface area contributed by atoms with Crippen molar-refractivity contribution in [2.45, 2.75) is 20.8 Å². The van der Waals surface area contributed by atoms with Crippen molar-refractivity contribution in [3.63, 3.8) is 0 Å². The molecule has 0 aliphatic rings. The first-order valence-corrected chi connectivity index (χ1v) is 7.47. The topological polar surface area (TPSA) is 0 Å². The van der Waals surface area contributed by atoms with Crippen LogP contribution in [0.5, 0.6) is 0 Å². The number of hydrogen-bond acceptors (Lipinski definition) is 0. The van der Waals surface area contributed by atoms with Crippen LogP contribution >= 0.6 is 0 Å². The van der Waals surface area contributed by atoms with Gasteiger partial charge in [-0.2, -0.15) is 0 Å². The van der Waals surface area contributed by atoms with Gasteiger partial charge >= 0.3 is 0 Å². The lowest BCUT2D eigenvalue weighted by Gasteiger charge is -2.34. The minimum Gasteiger partial charge on any atom is -0.103 e. The molecular formula is C15H20Si. The average molecular weight is 228 g/mol. The molecule has 0 N–H and O–H groups in total. The third kappa shape index (κ3) is 1.83. The maximum absolute atomic E-state index is 4.19. The summed E-state index contributed by atoms with van der Waals surface area (Å²) < 4.78 is 0. The molecule has 0 saturated carbocycles. The number of allylic oxidation sites excluding steroid dienone is 3. The van der Waals surface area contributed by atoms with Gasteiger partial charge in [0.15, 0.2) is 8.07 Å². The van der Waals surface area contributed by atoms with Crippen molar-refractivity contribution in [1.82, 2.24) is 0 Å². The minimum atomic E-state index is -1.99. The van der Waals surface area contributed by atoms with Gasteiger partial charge in [0.2, 0.25) is 0 Å². The van der Waals surface area contributed by atoms with Crippen molar-refractivity contribution in [1.29, 1.82) is 0 Å². The fraction of sp³-hybridized carbons (Fsp3) is 0.200. The fourth-order valence-corrected chi connectivity index (χ4v) is 6.88. The molecule has 0 aliphatic carbocycles. The molecule has 0 bridgehead atoms. The van der Waals surface area contributed by atoms with E-state index in [4.69, 9.17) is 0 Å². The van der Waals surface area contributed by atoms with Crippen molar-refractivity contribution in [3.05, 3.63) is 65.7 Å². The Morgan fingerprint density at radius 2 is 1.19 bits per heavy atom. The van der Waals surface area contributed by atoms with Gasteiger partial charge in [-0.15, -0.1) is 19.7 Å². The van der Waals surface area contributed by atoms with Crippen LogP contribution in [0.4, 0.5) is 0 Å². The predicted molar refractivity (Wildman–Crippen MR) is 76.3 cm³/mol. The molecule has 1 heteroatoms. The van der Waals surface area contributed by atoms with E-state index >= 15 is 0 Å². The van der Waals surface area contributed by atoms with E-state index in [-0.39, 0.29) is 0 Å². The van der Waals surface area contributed by atoms with Gasteiger partial charge in [0.05, 0.1) is 0 Å². The fourth-order valence-electron chi connectivity index (χ4n) is 2.52. The van der Waals surface area contributed by atoms with Crippen LogP contribution in [0.15, 0.2) is 65.7 Å². The number of rotatable bonds is 4. The molecule has 1 rings (SSSR count). The largest absolute Gasteiger partial charge is 0.165 e. The highest BCUT2D eigenvalue weighted by Gasteiger charge is 2.37. The lowest BCUT2D eigenvalue weighted by molar-refractivity contribution is 1.47. The van der Waals surface area contributed by atoms with E-state index in [0.717, 1.165) is 0 Å². The Morgan fingerprint density at radius 3 is 1.50 bits per heavy atom. The second-order valence-electron chi connectivity index (χ2n) is 4.46. The Morgan fingerprint density at radius 1 is 0.812 bits per heavy atom. The summed E-state index contributed by atoms with van der Waals surface area (Å²) in [5.41, 5.74) is 0. The molecule has 0 amide bonds. The zero-order chi connectivity index (χ0) is 12.3. The van der Waals surface area contributed by atoms with Gasteiger partial charge in [0.1, 0.15) is 0 Å². The first-order chi connectivity index (χ1) is 7.44. The summed E-state index contributed by atoms with van der Waals surface area (Å²) in [7, 11) is -1.99. The van der Waals surface area contributed by atoms with Gasteiger partial charge in [-0.25, -0.2) is 0 Å². The van der Waals surface area contributed by atoms with E-state index in [1.807, 2.05) is 6.07 Å². The molecule has 0 spiro atoms. The van der Waals surface area contributed by atoms with Gasteiger partial charge in [-0.05, 0) is 26.0 Å². The third-order valence-electron chi connectivity index (χ3n) is 3.13. The molecule has 0 atom stereocenters. The van der Waals surface area contributed by atoms with Crippen LogP contribution in [-0.2, 0) is 0 Å². The van der Waals surface area contributed by atoms with E-state index in [1.165, 1.54) is 20.8 Å². The van der Waals surface area contributed by atoms with Crippen molar-refractivity contribution in [2.24, 2.45) is 0 Å². The normalized spacial score (nSPS) is 10.9. The zero-order valence-corrected chi connectivity index (χ0v) is 11.5. The maximum Gasteiger partial charge on any atom is 0.165 e. The second kappa shape index (κ2) is 4.66. The molecule has 1 aromatic rings. The summed E-state index contributed by atoms with van der Waals surface area (Å²) in [6.07, 6.45) is 0. The van der Waals surface area contributed by atoms with Gasteiger partial charge < -0.3 is 0 Å². The highest BCUT2D eigenvalue weighted by atomic mass is 28.3. The Kier molecular flexibility index (Phi) is 3.71. The standard InChI is InChI=1S/C15H20Si/c1-12(2)16(13(3)4,14(5)6)15-10-8-7-9-11-15/h7-11H,1,3,5H2,2,4,6H3. The summed E-state index contributed by atoms with van der Waals surface area (Å²) in [6.45, 7) is 18.9. The molecule has 16 heavy (non-hydrogen) atoms. The maximum atomic E-state index is 4.19. The first-order valence-electron chi connectivity index (χ1n) is 5.47. The summed E-state index contributed by atoms with van der Waals surface area (Å²) in [5, 5.41) is 4.96. The molecule has 1 aromatic carbocycles. The van der Waals surface area contributed by atoms with Crippen LogP contribution in [0.2, 0.25) is 0 Å². The summed E-state index contributed by atoms with van der Waals surface area (Å²) in [6, 6.07) is 10.5. The van der Waals surface area contributed by atoms with Crippen LogP contribution in [0.25, 0.3) is 0 Å². The molecule has 0 saturated heterocycles. The van der Waals surface area contributed by atoms with Crippen LogP contribution in [0, 0.1) is 0 Å². The van der Waals surface area contributed by atoms with Gasteiger partial charge in [-0.1, -0.05) is 45.9 Å². The summed E-state index contributed by atoms with van der Waals surface area (Å²) >= 11 is 0. The van der Waals surface area contributed by atoms with Crippen LogP contribution < -0.4 is 5.19 Å². The lowest BCUT2D eigenvalue weighted by Crippen LogP contribution is -2.51. The Hall–Kier alpha value is -1.34. The molecule has 84 valence electrons. The average Bonchev–Trinajstić information content (AvgIpc) is 2.18. The Bertz CT molecular complexity index is 390. The van der Waals surface area contributed by atoms with Gasteiger partial charge in [-0.3, -0.25) is 0 Å². The molecule has 0 aliphatic heterocycles. The van der Waals surface area contributed by atoms with E-state index < -0.39 is 8.07 Å². The quantitative estimate of drug-likeness (QED) is 0.690. The minimum absolute atomic E-state index is 1.21. The van der Waals surface area contributed by atoms with E-state index in [2.05, 4.69) is 64.8 Å². The molecular weight excluding hydrogens is 208 g/mol. The third-order valence-corrected chi connectivity index (χ3v) is 8.17. The number of hydrogen-bond donors (Lipinski definition) is 0. The molecule has 0 heterocycles. The second-order valence-corrected chi connectivity index (χ2v) is 9.10. The molecule has 0 aromatic heterocycles. The first kappa shape index (κ1) is 12.7. The molecule has 0 radical (unpaired) electrons. The highest BCUT2D eigenvalue weighted by Crippen LogP contribution is 2.27. The van der Waals surface area contributed by atoms with Gasteiger partial charge in [0, 0.05) is 0 Å². The lowest BCUT2D eigenvalue weighted by atomic mass is 10.4. The van der Waals surface area contributed by atoms with Crippen LogP contribution in [0.1, 0.15) is 20.8 Å². The van der Waals surface area contributed by atoms with Crippen LogP contribution in [-0.4, -0.2) is 8.07 Å². The van der Waals surface area contributed by atoms with E-state index in [1.54, 1.807) is 0 Å². The molecule has 0 nitrogen and oxygen atoms in total. The van der Waals surface area contributed by atoms with Crippen molar-refractivity contribution in [2.75, 3.05) is 0 Å². The summed E-state index contributed by atoms with van der Waals surface area (Å²) in [4.78, 5) is 0. The molecule has 0 fully saturated rings. The SMILES string of the molecule is C=C(C)[Si](C(=C)C)(C(=C)C)c1ccccc1. The highest BCUT2D eigenvalue weighted by molar-refractivity contribution is 7.07. The Labute approximate surface area is 100 Å². The number of benzene rings is 1. The van der Waals surface area contributed by atoms with Crippen molar-refractivity contribution < 1.29 is 0 Å². The Balaban J connectivity index is 3.52. The van der Waals surface area contributed by atoms with Crippen molar-refractivity contribution >= 4 is 13.3 Å². The summed E-state index contributed by atoms with van der Waals surface area (Å²) in [5.74, 6) is 0. The van der Waals surface area contributed by atoms with E-state index in [9.17, 15) is 0 Å². The molecule has 0 unspecified atom stereocenters. The smallest absolute Gasteiger partial charge is 0.103 e. The van der Waals surface area contributed by atoms with Crippen molar-refractivity contribution in [3.8, 4) is 0 Å². The zero-order valence-electron chi connectivity index (χ0n) is 10.5. The predicted octanol–water partition coefficient (Wildman–Crippen LogP) is 3.69.